The molecule has 1 rings (SSSR count). The summed E-state index contributed by atoms with van der Waals surface area (Å²) in [5.41, 5.74) is 0.141. The molecular formula is C16H24ClNO2. The zero-order chi connectivity index (χ0) is 15.2. The van der Waals surface area contributed by atoms with Gasteiger partial charge < -0.3 is 10.1 Å². The summed E-state index contributed by atoms with van der Waals surface area (Å²) < 4.78 is 5.02. The highest BCUT2D eigenvalue weighted by Crippen LogP contribution is 2.29. The molecule has 0 amide bonds. The number of carbonyl (C=O) groups excluding carboxylic acids is 1. The van der Waals surface area contributed by atoms with Gasteiger partial charge in [-0.15, -0.1) is 0 Å². The van der Waals surface area contributed by atoms with E-state index in [-0.39, 0.29) is 5.97 Å². The molecule has 0 bridgehead atoms. The Labute approximate surface area is 126 Å². The predicted molar refractivity (Wildman–Crippen MR) is 84.2 cm³/mol. The van der Waals surface area contributed by atoms with Gasteiger partial charge in [-0.2, -0.15) is 0 Å². The molecule has 3 nitrogen and oxygen atoms in total. The number of ether oxygens (including phenoxy) is 1. The van der Waals surface area contributed by atoms with E-state index in [9.17, 15) is 4.79 Å². The van der Waals surface area contributed by atoms with E-state index in [0.29, 0.717) is 17.4 Å². The summed E-state index contributed by atoms with van der Waals surface area (Å²) in [4.78, 5) is 12.3. The van der Waals surface area contributed by atoms with Gasteiger partial charge in [0.15, 0.2) is 0 Å². The van der Waals surface area contributed by atoms with Crippen molar-refractivity contribution in [2.45, 2.75) is 45.6 Å². The van der Waals surface area contributed by atoms with E-state index in [1.54, 1.807) is 0 Å². The predicted octanol–water partition coefficient (Wildman–Crippen LogP) is 4.51. The molecule has 0 fully saturated rings. The average Bonchev–Trinajstić information content (AvgIpc) is 2.45. The minimum atomic E-state index is -0.700. The lowest BCUT2D eigenvalue weighted by molar-refractivity contribution is -0.146. The summed E-state index contributed by atoms with van der Waals surface area (Å²) in [6, 6.07) is 7.42. The number of nitrogens with one attached hydrogen (secondary N) is 1. The van der Waals surface area contributed by atoms with Crippen molar-refractivity contribution in [2.75, 3.05) is 12.4 Å². The number of methoxy groups -OCH3 is 1. The summed E-state index contributed by atoms with van der Waals surface area (Å²) >= 11 is 6.01. The molecule has 4 heteroatoms. The third kappa shape index (κ3) is 4.14. The molecule has 2 atom stereocenters. The summed E-state index contributed by atoms with van der Waals surface area (Å²) in [5.74, 6) is 0.209. The summed E-state index contributed by atoms with van der Waals surface area (Å²) in [6.45, 7) is 6.27. The van der Waals surface area contributed by atoms with Gasteiger partial charge in [0.05, 0.1) is 7.11 Å². The van der Waals surface area contributed by atoms with E-state index in [1.807, 2.05) is 31.2 Å². The van der Waals surface area contributed by atoms with Crippen LogP contribution in [0.2, 0.25) is 5.02 Å². The van der Waals surface area contributed by atoms with Crippen LogP contribution in [-0.2, 0) is 9.53 Å². The number of rotatable bonds is 7. The van der Waals surface area contributed by atoms with Crippen LogP contribution in [0.15, 0.2) is 24.3 Å². The standard InChI is InChI=1S/C16H24ClNO2/c1-5-12(3)11-16(6-2,15(19)20-4)18-14-9-7-8-13(17)10-14/h7-10,12,18H,5-6,11H2,1-4H3. The van der Waals surface area contributed by atoms with Gasteiger partial charge in [0.25, 0.3) is 0 Å². The molecule has 0 aromatic heterocycles. The monoisotopic (exact) mass is 297 g/mol. The first-order valence-electron chi connectivity index (χ1n) is 7.09. The van der Waals surface area contributed by atoms with Crippen molar-refractivity contribution < 1.29 is 9.53 Å². The third-order valence-electron chi connectivity index (χ3n) is 3.78. The second-order valence-electron chi connectivity index (χ2n) is 5.28. The first-order valence-corrected chi connectivity index (χ1v) is 7.47. The van der Waals surface area contributed by atoms with Gasteiger partial charge in [-0.25, -0.2) is 4.79 Å². The normalized spacial score (nSPS) is 15.2. The molecular weight excluding hydrogens is 274 g/mol. The molecule has 1 aromatic rings. The van der Waals surface area contributed by atoms with Crippen molar-refractivity contribution in [3.8, 4) is 0 Å². The lowest BCUT2D eigenvalue weighted by Crippen LogP contribution is -2.48. The molecule has 0 radical (unpaired) electrons. The van der Waals surface area contributed by atoms with Gasteiger partial charge in [-0.1, -0.05) is 44.9 Å². The fourth-order valence-electron chi connectivity index (χ4n) is 2.34. The van der Waals surface area contributed by atoms with Crippen LogP contribution in [0.1, 0.15) is 40.0 Å². The molecule has 0 aliphatic carbocycles. The lowest BCUT2D eigenvalue weighted by atomic mass is 9.84. The molecule has 0 spiro atoms. The third-order valence-corrected chi connectivity index (χ3v) is 4.02. The zero-order valence-electron chi connectivity index (χ0n) is 12.7. The van der Waals surface area contributed by atoms with Crippen LogP contribution in [0.3, 0.4) is 0 Å². The topological polar surface area (TPSA) is 38.3 Å². The van der Waals surface area contributed by atoms with Crippen LogP contribution in [0.4, 0.5) is 5.69 Å². The molecule has 0 aliphatic heterocycles. The van der Waals surface area contributed by atoms with E-state index >= 15 is 0 Å². The number of carbonyl (C=O) groups is 1. The van der Waals surface area contributed by atoms with Gasteiger partial charge in [0, 0.05) is 10.7 Å². The van der Waals surface area contributed by atoms with Crippen molar-refractivity contribution in [1.29, 1.82) is 0 Å². The summed E-state index contributed by atoms with van der Waals surface area (Å²) in [5, 5.41) is 3.99. The van der Waals surface area contributed by atoms with E-state index in [1.165, 1.54) is 7.11 Å². The Kier molecular flexibility index (Phi) is 6.34. The molecule has 1 N–H and O–H groups in total. The minimum absolute atomic E-state index is 0.222. The highest BCUT2D eigenvalue weighted by molar-refractivity contribution is 6.30. The Morgan fingerprint density at radius 2 is 2.15 bits per heavy atom. The van der Waals surface area contributed by atoms with Crippen LogP contribution in [0.5, 0.6) is 0 Å². The molecule has 0 saturated heterocycles. The number of hydrogen-bond acceptors (Lipinski definition) is 3. The fourth-order valence-corrected chi connectivity index (χ4v) is 2.53. The zero-order valence-corrected chi connectivity index (χ0v) is 13.5. The van der Waals surface area contributed by atoms with Gasteiger partial charge in [-0.3, -0.25) is 0 Å². The maximum atomic E-state index is 12.3. The Morgan fingerprint density at radius 1 is 1.45 bits per heavy atom. The molecule has 20 heavy (non-hydrogen) atoms. The van der Waals surface area contributed by atoms with Crippen LogP contribution in [0.25, 0.3) is 0 Å². The van der Waals surface area contributed by atoms with Crippen molar-refractivity contribution in [1.82, 2.24) is 0 Å². The van der Waals surface area contributed by atoms with Crippen molar-refractivity contribution >= 4 is 23.3 Å². The number of hydrogen-bond donors (Lipinski definition) is 1. The Hall–Kier alpha value is -1.22. The fraction of sp³-hybridized carbons (Fsp3) is 0.562. The quantitative estimate of drug-likeness (QED) is 0.753. The van der Waals surface area contributed by atoms with E-state index < -0.39 is 5.54 Å². The van der Waals surface area contributed by atoms with Gasteiger partial charge >= 0.3 is 5.97 Å². The molecule has 0 aliphatic rings. The Balaban J connectivity index is 3.05. The summed E-state index contributed by atoms with van der Waals surface area (Å²) in [7, 11) is 1.43. The van der Waals surface area contributed by atoms with E-state index in [2.05, 4.69) is 19.2 Å². The Bertz CT molecular complexity index is 450. The number of benzene rings is 1. The largest absolute Gasteiger partial charge is 0.467 e. The van der Waals surface area contributed by atoms with Crippen LogP contribution >= 0.6 is 11.6 Å². The van der Waals surface area contributed by atoms with Gasteiger partial charge in [0.1, 0.15) is 5.54 Å². The van der Waals surface area contributed by atoms with Gasteiger partial charge in [0.2, 0.25) is 0 Å². The van der Waals surface area contributed by atoms with Crippen molar-refractivity contribution in [3.05, 3.63) is 29.3 Å². The van der Waals surface area contributed by atoms with Crippen LogP contribution in [0, 0.1) is 5.92 Å². The lowest BCUT2D eigenvalue weighted by Gasteiger charge is -2.34. The highest BCUT2D eigenvalue weighted by Gasteiger charge is 2.38. The molecule has 0 saturated carbocycles. The Morgan fingerprint density at radius 3 is 2.65 bits per heavy atom. The van der Waals surface area contributed by atoms with Crippen LogP contribution in [-0.4, -0.2) is 18.6 Å². The minimum Gasteiger partial charge on any atom is -0.467 e. The van der Waals surface area contributed by atoms with E-state index in [4.69, 9.17) is 16.3 Å². The average molecular weight is 298 g/mol. The SMILES string of the molecule is CCC(C)CC(CC)(Nc1cccc(Cl)c1)C(=O)OC. The summed E-state index contributed by atoms with van der Waals surface area (Å²) in [6.07, 6.45) is 2.42. The van der Waals surface area contributed by atoms with Gasteiger partial charge in [-0.05, 0) is 37.0 Å². The van der Waals surface area contributed by atoms with Crippen molar-refractivity contribution in [3.63, 3.8) is 0 Å². The van der Waals surface area contributed by atoms with Crippen molar-refractivity contribution in [2.24, 2.45) is 5.92 Å². The first kappa shape index (κ1) is 16.8. The second-order valence-corrected chi connectivity index (χ2v) is 5.72. The second kappa shape index (κ2) is 7.53. The highest BCUT2D eigenvalue weighted by atomic mass is 35.5. The molecule has 0 heterocycles. The number of halogens is 1. The first-order chi connectivity index (χ1) is 9.47. The molecule has 1 aromatic carbocycles. The maximum absolute atomic E-state index is 12.3. The smallest absolute Gasteiger partial charge is 0.331 e. The maximum Gasteiger partial charge on any atom is 0.331 e. The van der Waals surface area contributed by atoms with Crippen LogP contribution < -0.4 is 5.32 Å². The number of anilines is 1. The number of esters is 1. The van der Waals surface area contributed by atoms with E-state index in [0.717, 1.165) is 18.5 Å². The molecule has 112 valence electrons. The molecule has 2 unspecified atom stereocenters.